The first-order valence-corrected chi connectivity index (χ1v) is 7.04. The summed E-state index contributed by atoms with van der Waals surface area (Å²) in [6.07, 6.45) is 0. The molecule has 0 aliphatic heterocycles. The molecule has 96 valence electrons. The highest BCUT2D eigenvalue weighted by molar-refractivity contribution is 7.99. The molecule has 1 aromatic carbocycles. The molecular weight excluding hydrogens is 268 g/mol. The van der Waals surface area contributed by atoms with Crippen LogP contribution in [-0.4, -0.2) is 20.6 Å². The van der Waals surface area contributed by atoms with Gasteiger partial charge in [0.15, 0.2) is 5.82 Å². The maximum atomic E-state index is 6.12. The molecule has 0 saturated heterocycles. The number of thioether (sulfide) groups is 1. The van der Waals surface area contributed by atoms with E-state index in [0.717, 1.165) is 11.3 Å². The number of aromatic nitrogens is 3. The molecule has 0 bridgehead atoms. The second-order valence-electron chi connectivity index (χ2n) is 4.36. The molecule has 1 aromatic heterocycles. The van der Waals surface area contributed by atoms with Gasteiger partial charge in [-0.25, -0.2) is 4.68 Å². The van der Waals surface area contributed by atoms with Crippen LogP contribution < -0.4 is 5.84 Å². The molecule has 4 nitrogen and oxygen atoms in total. The third kappa shape index (κ3) is 2.79. The lowest BCUT2D eigenvalue weighted by Gasteiger charge is -2.06. The summed E-state index contributed by atoms with van der Waals surface area (Å²) in [5.74, 6) is 8.13. The highest BCUT2D eigenvalue weighted by atomic mass is 35.5. The number of nitrogen functional groups attached to an aromatic ring is 1. The molecule has 2 rings (SSSR count). The van der Waals surface area contributed by atoms with Crippen LogP contribution in [0.5, 0.6) is 0 Å². The van der Waals surface area contributed by atoms with E-state index in [0.29, 0.717) is 21.9 Å². The van der Waals surface area contributed by atoms with E-state index in [-0.39, 0.29) is 0 Å². The molecule has 0 saturated carbocycles. The van der Waals surface area contributed by atoms with Crippen LogP contribution in [0, 0.1) is 5.92 Å². The Morgan fingerprint density at radius 1 is 1.33 bits per heavy atom. The summed E-state index contributed by atoms with van der Waals surface area (Å²) >= 11 is 7.72. The second-order valence-corrected chi connectivity index (χ2v) is 5.76. The fourth-order valence-electron chi connectivity index (χ4n) is 1.44. The topological polar surface area (TPSA) is 56.7 Å². The van der Waals surface area contributed by atoms with Crippen molar-refractivity contribution in [2.24, 2.45) is 5.92 Å². The van der Waals surface area contributed by atoms with Gasteiger partial charge in [0, 0.05) is 11.3 Å². The Kier molecular flexibility index (Phi) is 4.14. The van der Waals surface area contributed by atoms with E-state index in [1.54, 1.807) is 11.8 Å². The van der Waals surface area contributed by atoms with Crippen molar-refractivity contribution in [1.29, 1.82) is 0 Å². The van der Waals surface area contributed by atoms with Crippen molar-refractivity contribution in [3.8, 4) is 11.4 Å². The summed E-state index contributed by atoms with van der Waals surface area (Å²) < 4.78 is 1.49. The Morgan fingerprint density at radius 2 is 2.06 bits per heavy atom. The van der Waals surface area contributed by atoms with E-state index in [1.807, 2.05) is 24.3 Å². The van der Waals surface area contributed by atoms with Gasteiger partial charge in [-0.2, -0.15) is 0 Å². The fraction of sp³-hybridized carbons (Fsp3) is 0.333. The normalized spacial score (nSPS) is 11.1. The second kappa shape index (κ2) is 5.63. The Hall–Kier alpha value is -1.20. The Bertz CT molecular complexity index is 539. The van der Waals surface area contributed by atoms with Crippen LogP contribution >= 0.6 is 23.4 Å². The van der Waals surface area contributed by atoms with E-state index in [4.69, 9.17) is 17.4 Å². The summed E-state index contributed by atoms with van der Waals surface area (Å²) in [6, 6.07) is 7.47. The molecule has 0 aliphatic rings. The zero-order valence-corrected chi connectivity index (χ0v) is 11.9. The van der Waals surface area contributed by atoms with Gasteiger partial charge in [-0.05, 0) is 18.1 Å². The minimum absolute atomic E-state index is 0.579. The van der Waals surface area contributed by atoms with Crippen molar-refractivity contribution in [3.63, 3.8) is 0 Å². The number of nitrogens with two attached hydrogens (primary N) is 1. The zero-order chi connectivity index (χ0) is 13.1. The average Bonchev–Trinajstić information content (AvgIpc) is 2.69. The van der Waals surface area contributed by atoms with E-state index < -0.39 is 0 Å². The third-order valence-corrected chi connectivity index (χ3v) is 4.02. The molecule has 0 aliphatic carbocycles. The molecule has 0 fully saturated rings. The fourth-order valence-corrected chi connectivity index (χ4v) is 2.47. The highest BCUT2D eigenvalue weighted by Crippen LogP contribution is 2.27. The van der Waals surface area contributed by atoms with Crippen LogP contribution in [-0.2, 0) is 0 Å². The highest BCUT2D eigenvalue weighted by Gasteiger charge is 2.14. The monoisotopic (exact) mass is 282 g/mol. The zero-order valence-electron chi connectivity index (χ0n) is 10.3. The van der Waals surface area contributed by atoms with Crippen LogP contribution in [0.2, 0.25) is 5.02 Å². The Labute approximate surface area is 116 Å². The molecule has 6 heteroatoms. The molecular formula is C12H15ClN4S. The van der Waals surface area contributed by atoms with Crippen LogP contribution in [0.1, 0.15) is 13.8 Å². The van der Waals surface area contributed by atoms with Gasteiger partial charge in [0.1, 0.15) is 0 Å². The van der Waals surface area contributed by atoms with Crippen LogP contribution in [0.3, 0.4) is 0 Å². The molecule has 0 amide bonds. The van der Waals surface area contributed by atoms with Gasteiger partial charge in [-0.3, -0.25) is 0 Å². The number of rotatable bonds is 4. The molecule has 2 aromatic rings. The van der Waals surface area contributed by atoms with Crippen molar-refractivity contribution >= 4 is 23.4 Å². The Morgan fingerprint density at radius 3 is 2.72 bits per heavy atom. The van der Waals surface area contributed by atoms with Gasteiger partial charge in [-0.15, -0.1) is 10.2 Å². The molecule has 1 heterocycles. The van der Waals surface area contributed by atoms with Gasteiger partial charge in [0.25, 0.3) is 0 Å². The lowest BCUT2D eigenvalue weighted by molar-refractivity contribution is 0.744. The van der Waals surface area contributed by atoms with Crippen LogP contribution in [0.15, 0.2) is 29.4 Å². The Balaban J connectivity index is 2.28. The van der Waals surface area contributed by atoms with Crippen molar-refractivity contribution in [3.05, 3.63) is 29.3 Å². The molecule has 0 spiro atoms. The van der Waals surface area contributed by atoms with Gasteiger partial charge >= 0.3 is 0 Å². The number of hydrogen-bond acceptors (Lipinski definition) is 4. The summed E-state index contributed by atoms with van der Waals surface area (Å²) in [6.45, 7) is 4.30. The largest absolute Gasteiger partial charge is 0.335 e. The molecule has 0 unspecified atom stereocenters. The first-order valence-electron chi connectivity index (χ1n) is 5.67. The predicted molar refractivity (Wildman–Crippen MR) is 76.2 cm³/mol. The van der Waals surface area contributed by atoms with E-state index in [2.05, 4.69) is 24.0 Å². The van der Waals surface area contributed by atoms with E-state index in [1.165, 1.54) is 4.68 Å². The standard InChI is InChI=1S/C12H15ClN4S/c1-8(2)7-18-12-16-15-11(17(12)14)9-5-3-4-6-10(9)13/h3-6,8H,7,14H2,1-2H3. The first-order chi connectivity index (χ1) is 8.59. The lowest BCUT2D eigenvalue weighted by atomic mass is 10.2. The number of benzene rings is 1. The molecule has 0 radical (unpaired) electrons. The summed E-state index contributed by atoms with van der Waals surface area (Å²) in [5, 5.41) is 9.53. The van der Waals surface area contributed by atoms with Crippen LogP contribution in [0.25, 0.3) is 11.4 Å². The molecule has 0 atom stereocenters. The first kappa shape index (κ1) is 13.2. The summed E-state index contributed by atoms with van der Waals surface area (Å²) in [7, 11) is 0. The van der Waals surface area contributed by atoms with Gasteiger partial charge in [0.2, 0.25) is 5.16 Å². The summed E-state index contributed by atoms with van der Waals surface area (Å²) in [4.78, 5) is 0. The minimum atomic E-state index is 0.579. The minimum Gasteiger partial charge on any atom is -0.335 e. The van der Waals surface area contributed by atoms with Crippen molar-refractivity contribution in [2.45, 2.75) is 19.0 Å². The predicted octanol–water partition coefficient (Wildman–Crippen LogP) is 3.06. The third-order valence-electron chi connectivity index (χ3n) is 2.33. The lowest BCUT2D eigenvalue weighted by Crippen LogP contribution is -2.12. The maximum absolute atomic E-state index is 6.12. The van der Waals surface area contributed by atoms with Crippen LogP contribution in [0.4, 0.5) is 0 Å². The summed E-state index contributed by atoms with van der Waals surface area (Å²) in [5.41, 5.74) is 0.797. The van der Waals surface area contributed by atoms with Crippen molar-refractivity contribution in [2.75, 3.05) is 11.6 Å². The van der Waals surface area contributed by atoms with Gasteiger partial charge < -0.3 is 5.84 Å². The number of hydrogen-bond donors (Lipinski definition) is 1. The van der Waals surface area contributed by atoms with Gasteiger partial charge in [0.05, 0.1) is 5.02 Å². The SMILES string of the molecule is CC(C)CSc1nnc(-c2ccccc2Cl)n1N. The molecule has 2 N–H and O–H groups in total. The van der Waals surface area contributed by atoms with Crippen molar-refractivity contribution in [1.82, 2.24) is 14.9 Å². The van der Waals surface area contributed by atoms with Crippen molar-refractivity contribution < 1.29 is 0 Å². The smallest absolute Gasteiger partial charge is 0.210 e. The van der Waals surface area contributed by atoms with E-state index in [9.17, 15) is 0 Å². The van der Waals surface area contributed by atoms with Gasteiger partial charge in [-0.1, -0.05) is 49.3 Å². The molecule has 18 heavy (non-hydrogen) atoms. The maximum Gasteiger partial charge on any atom is 0.210 e. The number of nitrogens with zero attached hydrogens (tertiary/aromatic N) is 3. The average molecular weight is 283 g/mol. The van der Waals surface area contributed by atoms with E-state index >= 15 is 0 Å². The quantitative estimate of drug-likeness (QED) is 0.692. The number of halogens is 1.